The van der Waals surface area contributed by atoms with Crippen LogP contribution < -0.4 is 9.47 Å². The number of aliphatic hydroxyl groups is 1. The van der Waals surface area contributed by atoms with Gasteiger partial charge in [-0.05, 0) is 36.8 Å². The predicted molar refractivity (Wildman–Crippen MR) is 74.9 cm³/mol. The molecule has 2 rings (SSSR count). The van der Waals surface area contributed by atoms with Crippen LogP contribution in [0.3, 0.4) is 0 Å². The number of hydrogen-bond donors (Lipinski definition) is 1. The van der Waals surface area contributed by atoms with Gasteiger partial charge in [0.2, 0.25) is 0 Å². The molecule has 0 fully saturated rings. The normalized spacial score (nSPS) is 11.5. The molecular weight excluding hydrogens is 254 g/mol. The molecule has 20 heavy (non-hydrogen) atoms. The number of methoxy groups -OCH3 is 1. The molecule has 0 aromatic heterocycles. The van der Waals surface area contributed by atoms with Gasteiger partial charge in [-0.2, -0.15) is 5.26 Å². The first-order valence-corrected chi connectivity index (χ1v) is 6.18. The standard InChI is InChI=1S/C16H15NO3/c1-11(18)13-4-6-14(7-5-13)20-15-8-3-12(10-17)9-16(15)19-2/h3-9,11,18H,1-2H3. The lowest BCUT2D eigenvalue weighted by Crippen LogP contribution is -1.93. The van der Waals surface area contributed by atoms with Crippen LogP contribution in [0.4, 0.5) is 0 Å². The van der Waals surface area contributed by atoms with Crippen LogP contribution in [0, 0.1) is 11.3 Å². The molecule has 2 aromatic rings. The van der Waals surface area contributed by atoms with Crippen molar-refractivity contribution in [2.75, 3.05) is 7.11 Å². The molecule has 0 spiro atoms. The maximum atomic E-state index is 9.45. The quantitative estimate of drug-likeness (QED) is 0.923. The maximum absolute atomic E-state index is 9.45. The van der Waals surface area contributed by atoms with Crippen LogP contribution in [0.2, 0.25) is 0 Å². The molecular formula is C16H15NO3. The van der Waals surface area contributed by atoms with Crippen LogP contribution in [0.1, 0.15) is 24.2 Å². The van der Waals surface area contributed by atoms with Gasteiger partial charge in [0.1, 0.15) is 5.75 Å². The Kier molecular flexibility index (Phi) is 4.24. The Balaban J connectivity index is 2.23. The van der Waals surface area contributed by atoms with Crippen LogP contribution in [0.15, 0.2) is 42.5 Å². The third kappa shape index (κ3) is 3.08. The zero-order chi connectivity index (χ0) is 14.5. The number of benzene rings is 2. The van der Waals surface area contributed by atoms with Crippen molar-refractivity contribution in [2.24, 2.45) is 0 Å². The van der Waals surface area contributed by atoms with Crippen LogP contribution in [-0.2, 0) is 0 Å². The summed E-state index contributed by atoms with van der Waals surface area (Å²) < 4.78 is 10.9. The fourth-order valence-corrected chi connectivity index (χ4v) is 1.76. The molecule has 0 aliphatic rings. The highest BCUT2D eigenvalue weighted by molar-refractivity contribution is 5.48. The van der Waals surface area contributed by atoms with Crippen molar-refractivity contribution in [3.05, 3.63) is 53.6 Å². The summed E-state index contributed by atoms with van der Waals surface area (Å²) in [6, 6.07) is 14.2. The molecule has 4 heteroatoms. The number of ether oxygens (including phenoxy) is 2. The lowest BCUT2D eigenvalue weighted by atomic mass is 10.1. The lowest BCUT2D eigenvalue weighted by molar-refractivity contribution is 0.199. The van der Waals surface area contributed by atoms with E-state index in [1.54, 1.807) is 49.4 Å². The first-order valence-electron chi connectivity index (χ1n) is 6.18. The van der Waals surface area contributed by atoms with E-state index in [0.717, 1.165) is 5.56 Å². The number of nitriles is 1. The minimum atomic E-state index is -0.506. The SMILES string of the molecule is COc1cc(C#N)ccc1Oc1ccc(C(C)O)cc1. The number of nitrogens with zero attached hydrogens (tertiary/aromatic N) is 1. The average molecular weight is 269 g/mol. The molecule has 0 saturated carbocycles. The first-order chi connectivity index (χ1) is 9.63. The molecule has 102 valence electrons. The Hall–Kier alpha value is -2.51. The van der Waals surface area contributed by atoms with E-state index in [1.807, 2.05) is 6.07 Å². The topological polar surface area (TPSA) is 62.5 Å². The zero-order valence-electron chi connectivity index (χ0n) is 11.3. The molecule has 0 saturated heterocycles. The largest absolute Gasteiger partial charge is 0.493 e. The molecule has 0 amide bonds. The van der Waals surface area contributed by atoms with Gasteiger partial charge in [0.15, 0.2) is 11.5 Å². The summed E-state index contributed by atoms with van der Waals surface area (Å²) in [7, 11) is 1.53. The van der Waals surface area contributed by atoms with E-state index >= 15 is 0 Å². The Bertz CT molecular complexity index is 627. The van der Waals surface area contributed by atoms with Crippen molar-refractivity contribution >= 4 is 0 Å². The van der Waals surface area contributed by atoms with E-state index < -0.39 is 6.10 Å². The van der Waals surface area contributed by atoms with Gasteiger partial charge in [-0.3, -0.25) is 0 Å². The molecule has 1 unspecified atom stereocenters. The molecule has 2 aromatic carbocycles. The molecule has 0 heterocycles. The molecule has 4 nitrogen and oxygen atoms in total. The van der Waals surface area contributed by atoms with Gasteiger partial charge >= 0.3 is 0 Å². The fraction of sp³-hybridized carbons (Fsp3) is 0.188. The monoisotopic (exact) mass is 269 g/mol. The summed E-state index contributed by atoms with van der Waals surface area (Å²) in [6.07, 6.45) is -0.506. The number of hydrogen-bond acceptors (Lipinski definition) is 4. The molecule has 0 bridgehead atoms. The predicted octanol–water partition coefficient (Wildman–Crippen LogP) is 3.41. The molecule has 1 atom stereocenters. The Morgan fingerprint density at radius 2 is 1.80 bits per heavy atom. The first kappa shape index (κ1) is 13.9. The molecule has 0 radical (unpaired) electrons. The highest BCUT2D eigenvalue weighted by Gasteiger charge is 2.07. The highest BCUT2D eigenvalue weighted by atomic mass is 16.5. The van der Waals surface area contributed by atoms with E-state index in [4.69, 9.17) is 14.7 Å². The van der Waals surface area contributed by atoms with E-state index in [-0.39, 0.29) is 0 Å². The minimum absolute atomic E-state index is 0.503. The van der Waals surface area contributed by atoms with Gasteiger partial charge in [-0.1, -0.05) is 12.1 Å². The van der Waals surface area contributed by atoms with Gasteiger partial charge in [0.25, 0.3) is 0 Å². The lowest BCUT2D eigenvalue weighted by Gasteiger charge is -2.11. The summed E-state index contributed by atoms with van der Waals surface area (Å²) in [5.74, 6) is 1.68. The van der Waals surface area contributed by atoms with Gasteiger partial charge in [0.05, 0.1) is 24.8 Å². The second-order valence-electron chi connectivity index (χ2n) is 4.32. The molecule has 0 aliphatic carbocycles. The summed E-state index contributed by atoms with van der Waals surface area (Å²) in [4.78, 5) is 0. The van der Waals surface area contributed by atoms with E-state index in [9.17, 15) is 5.11 Å². The van der Waals surface area contributed by atoms with Crippen molar-refractivity contribution in [3.8, 4) is 23.3 Å². The maximum Gasteiger partial charge on any atom is 0.169 e. The average Bonchev–Trinajstić information content (AvgIpc) is 2.48. The molecule has 0 aliphatic heterocycles. The Morgan fingerprint density at radius 1 is 1.10 bits per heavy atom. The van der Waals surface area contributed by atoms with Crippen molar-refractivity contribution in [1.82, 2.24) is 0 Å². The number of aliphatic hydroxyl groups excluding tert-OH is 1. The second kappa shape index (κ2) is 6.09. The van der Waals surface area contributed by atoms with Crippen molar-refractivity contribution in [1.29, 1.82) is 5.26 Å². The van der Waals surface area contributed by atoms with Crippen LogP contribution >= 0.6 is 0 Å². The van der Waals surface area contributed by atoms with Crippen LogP contribution in [0.5, 0.6) is 17.2 Å². The third-order valence-corrected chi connectivity index (χ3v) is 2.88. The highest BCUT2D eigenvalue weighted by Crippen LogP contribution is 2.32. The number of rotatable bonds is 4. The smallest absolute Gasteiger partial charge is 0.169 e. The van der Waals surface area contributed by atoms with Gasteiger partial charge in [-0.25, -0.2) is 0 Å². The summed E-state index contributed by atoms with van der Waals surface area (Å²) >= 11 is 0. The summed E-state index contributed by atoms with van der Waals surface area (Å²) in [5, 5.41) is 18.3. The van der Waals surface area contributed by atoms with Gasteiger partial charge < -0.3 is 14.6 Å². The third-order valence-electron chi connectivity index (χ3n) is 2.88. The second-order valence-corrected chi connectivity index (χ2v) is 4.32. The van der Waals surface area contributed by atoms with E-state index in [2.05, 4.69) is 0 Å². The molecule has 1 N–H and O–H groups in total. The fourth-order valence-electron chi connectivity index (χ4n) is 1.76. The summed E-state index contributed by atoms with van der Waals surface area (Å²) in [6.45, 7) is 1.71. The van der Waals surface area contributed by atoms with Gasteiger partial charge in [0, 0.05) is 6.07 Å². The van der Waals surface area contributed by atoms with E-state index in [0.29, 0.717) is 22.8 Å². The van der Waals surface area contributed by atoms with Crippen LogP contribution in [-0.4, -0.2) is 12.2 Å². The van der Waals surface area contributed by atoms with E-state index in [1.165, 1.54) is 7.11 Å². The minimum Gasteiger partial charge on any atom is -0.493 e. The van der Waals surface area contributed by atoms with Gasteiger partial charge in [-0.15, -0.1) is 0 Å². The van der Waals surface area contributed by atoms with Crippen molar-refractivity contribution < 1.29 is 14.6 Å². The Morgan fingerprint density at radius 3 is 2.35 bits per heavy atom. The van der Waals surface area contributed by atoms with Crippen molar-refractivity contribution in [3.63, 3.8) is 0 Å². The zero-order valence-corrected chi connectivity index (χ0v) is 11.3. The Labute approximate surface area is 117 Å². The van der Waals surface area contributed by atoms with Crippen LogP contribution in [0.25, 0.3) is 0 Å². The van der Waals surface area contributed by atoms with Crippen molar-refractivity contribution in [2.45, 2.75) is 13.0 Å². The summed E-state index contributed by atoms with van der Waals surface area (Å²) in [5.41, 5.74) is 1.34.